The van der Waals surface area contributed by atoms with E-state index in [0.29, 0.717) is 41.7 Å². The van der Waals surface area contributed by atoms with E-state index in [2.05, 4.69) is 5.32 Å². The van der Waals surface area contributed by atoms with Crippen LogP contribution in [0.25, 0.3) is 6.08 Å². The minimum Gasteiger partial charge on any atom is -0.494 e. The fourth-order valence-corrected chi connectivity index (χ4v) is 2.66. The Hall–Kier alpha value is -3.99. The predicted molar refractivity (Wildman–Crippen MR) is 120 cm³/mol. The van der Waals surface area contributed by atoms with Crippen LogP contribution < -0.4 is 19.5 Å². The lowest BCUT2D eigenvalue weighted by Crippen LogP contribution is -2.15. The molecule has 1 N–H and O–H groups in total. The number of esters is 1. The van der Waals surface area contributed by atoms with Gasteiger partial charge in [0, 0.05) is 5.69 Å². The van der Waals surface area contributed by atoms with Crippen LogP contribution in [0.1, 0.15) is 26.3 Å². The number of benzene rings is 2. The van der Waals surface area contributed by atoms with Crippen molar-refractivity contribution in [3.63, 3.8) is 0 Å². The van der Waals surface area contributed by atoms with Crippen LogP contribution in [-0.2, 0) is 14.3 Å². The summed E-state index contributed by atoms with van der Waals surface area (Å²) in [5, 5.41) is 12.2. The predicted octanol–water partition coefficient (Wildman–Crippen LogP) is 3.97. The van der Waals surface area contributed by atoms with Gasteiger partial charge in [-0.25, -0.2) is 4.79 Å². The molecule has 0 saturated heterocycles. The zero-order valence-corrected chi connectivity index (χ0v) is 18.3. The molecule has 32 heavy (non-hydrogen) atoms. The monoisotopic (exact) mass is 438 g/mol. The van der Waals surface area contributed by atoms with E-state index in [0.717, 1.165) is 0 Å². The second-order valence-electron chi connectivity index (χ2n) is 6.31. The van der Waals surface area contributed by atoms with Gasteiger partial charge in [-0.3, -0.25) is 4.79 Å². The summed E-state index contributed by atoms with van der Waals surface area (Å²) >= 11 is 0. The molecule has 0 unspecified atom stereocenters. The van der Waals surface area contributed by atoms with Crippen LogP contribution >= 0.6 is 0 Å². The number of rotatable bonds is 11. The summed E-state index contributed by atoms with van der Waals surface area (Å²) in [5.74, 6) is 0.397. The first-order chi connectivity index (χ1) is 15.5. The second-order valence-corrected chi connectivity index (χ2v) is 6.31. The summed E-state index contributed by atoms with van der Waals surface area (Å²) < 4.78 is 21.3. The molecule has 8 nitrogen and oxygen atoms in total. The van der Waals surface area contributed by atoms with Crippen molar-refractivity contribution in [1.29, 1.82) is 5.26 Å². The molecule has 0 atom stereocenters. The summed E-state index contributed by atoms with van der Waals surface area (Å²) in [4.78, 5) is 24.1. The Kier molecular flexibility index (Phi) is 9.60. The Balaban J connectivity index is 2.16. The van der Waals surface area contributed by atoms with Crippen molar-refractivity contribution in [2.24, 2.45) is 0 Å². The maximum atomic E-state index is 12.5. The first kappa shape index (κ1) is 24.3. The summed E-state index contributed by atoms with van der Waals surface area (Å²) in [7, 11) is 0. The molecule has 0 aliphatic heterocycles. The molecule has 2 aromatic carbocycles. The van der Waals surface area contributed by atoms with Gasteiger partial charge in [0.1, 0.15) is 17.4 Å². The van der Waals surface area contributed by atoms with E-state index in [1.807, 2.05) is 19.9 Å². The van der Waals surface area contributed by atoms with Crippen molar-refractivity contribution in [2.45, 2.75) is 20.8 Å². The third-order valence-electron chi connectivity index (χ3n) is 4.02. The van der Waals surface area contributed by atoms with Gasteiger partial charge in [0.25, 0.3) is 5.91 Å². The Morgan fingerprint density at radius 3 is 2.28 bits per heavy atom. The van der Waals surface area contributed by atoms with Gasteiger partial charge < -0.3 is 24.3 Å². The summed E-state index contributed by atoms with van der Waals surface area (Å²) in [6, 6.07) is 13.7. The number of hydrogen-bond donors (Lipinski definition) is 1. The standard InChI is InChI=1S/C24H26N2O6/c1-4-29-20-10-8-19(9-11-20)26-24(28)18(15-25)13-17-7-12-21(22(14-17)30-5-2)32-16-23(27)31-6-3/h7-14H,4-6,16H2,1-3H3,(H,26,28)/b18-13-. The largest absolute Gasteiger partial charge is 0.494 e. The van der Waals surface area contributed by atoms with E-state index >= 15 is 0 Å². The lowest BCUT2D eigenvalue weighted by molar-refractivity contribution is -0.145. The van der Waals surface area contributed by atoms with Crippen LogP contribution in [0, 0.1) is 11.3 Å². The van der Waals surface area contributed by atoms with Crippen molar-refractivity contribution in [1.82, 2.24) is 0 Å². The average molecular weight is 438 g/mol. The first-order valence-corrected chi connectivity index (χ1v) is 10.2. The van der Waals surface area contributed by atoms with Gasteiger partial charge in [0.15, 0.2) is 18.1 Å². The third-order valence-corrected chi connectivity index (χ3v) is 4.02. The highest BCUT2D eigenvalue weighted by atomic mass is 16.6. The van der Waals surface area contributed by atoms with Crippen molar-refractivity contribution >= 4 is 23.6 Å². The van der Waals surface area contributed by atoms with E-state index < -0.39 is 11.9 Å². The number of hydrogen-bond acceptors (Lipinski definition) is 7. The van der Waals surface area contributed by atoms with E-state index in [-0.39, 0.29) is 18.8 Å². The van der Waals surface area contributed by atoms with Crippen molar-refractivity contribution in [2.75, 3.05) is 31.7 Å². The van der Waals surface area contributed by atoms with Crippen molar-refractivity contribution in [3.8, 4) is 23.3 Å². The number of nitrogens with one attached hydrogen (secondary N) is 1. The molecule has 0 fully saturated rings. The van der Waals surface area contributed by atoms with Gasteiger partial charge in [-0.05, 0) is 68.8 Å². The lowest BCUT2D eigenvalue weighted by Gasteiger charge is -2.12. The summed E-state index contributed by atoms with van der Waals surface area (Å²) in [6.45, 7) is 6.33. The van der Waals surface area contributed by atoms with E-state index in [9.17, 15) is 14.9 Å². The Morgan fingerprint density at radius 1 is 0.938 bits per heavy atom. The van der Waals surface area contributed by atoms with Gasteiger partial charge in [-0.15, -0.1) is 0 Å². The van der Waals surface area contributed by atoms with Crippen LogP contribution in [0.5, 0.6) is 17.2 Å². The average Bonchev–Trinajstić information content (AvgIpc) is 2.78. The van der Waals surface area contributed by atoms with Crippen molar-refractivity contribution < 1.29 is 28.5 Å². The van der Waals surface area contributed by atoms with Crippen LogP contribution in [-0.4, -0.2) is 38.3 Å². The highest BCUT2D eigenvalue weighted by Gasteiger charge is 2.13. The molecule has 0 bridgehead atoms. The Labute approximate surface area is 187 Å². The Morgan fingerprint density at radius 2 is 1.66 bits per heavy atom. The number of nitrogens with zero attached hydrogens (tertiary/aromatic N) is 1. The molecule has 2 aromatic rings. The van der Waals surface area contributed by atoms with Gasteiger partial charge in [0.2, 0.25) is 0 Å². The first-order valence-electron chi connectivity index (χ1n) is 10.2. The zero-order chi connectivity index (χ0) is 23.3. The zero-order valence-electron chi connectivity index (χ0n) is 18.3. The maximum absolute atomic E-state index is 12.5. The van der Waals surface area contributed by atoms with Crippen LogP contribution in [0.4, 0.5) is 5.69 Å². The van der Waals surface area contributed by atoms with Crippen LogP contribution in [0.3, 0.4) is 0 Å². The van der Waals surface area contributed by atoms with Crippen molar-refractivity contribution in [3.05, 3.63) is 53.6 Å². The number of ether oxygens (including phenoxy) is 4. The number of anilines is 1. The summed E-state index contributed by atoms with van der Waals surface area (Å²) in [5.41, 5.74) is 1.02. The van der Waals surface area contributed by atoms with E-state index in [1.54, 1.807) is 49.4 Å². The fraction of sp³-hybridized carbons (Fsp3) is 0.292. The van der Waals surface area contributed by atoms with Crippen LogP contribution in [0.15, 0.2) is 48.0 Å². The molecule has 0 heterocycles. The molecule has 0 radical (unpaired) electrons. The molecule has 1 amide bonds. The van der Waals surface area contributed by atoms with Gasteiger partial charge in [-0.2, -0.15) is 5.26 Å². The summed E-state index contributed by atoms with van der Waals surface area (Å²) in [6.07, 6.45) is 1.45. The minimum absolute atomic E-state index is 0.0819. The third kappa shape index (κ3) is 7.36. The SMILES string of the molecule is CCOC(=O)COc1ccc(/C=C(/C#N)C(=O)Nc2ccc(OCC)cc2)cc1OCC. The molecular weight excluding hydrogens is 412 g/mol. The Bertz CT molecular complexity index is 993. The molecule has 0 saturated carbocycles. The molecular formula is C24H26N2O6. The highest BCUT2D eigenvalue weighted by Crippen LogP contribution is 2.29. The molecule has 2 rings (SSSR count). The topological polar surface area (TPSA) is 107 Å². The maximum Gasteiger partial charge on any atom is 0.344 e. The number of carbonyl (C=O) groups excluding carboxylic acids is 2. The normalized spacial score (nSPS) is 10.6. The smallest absolute Gasteiger partial charge is 0.344 e. The van der Waals surface area contributed by atoms with E-state index in [4.69, 9.17) is 18.9 Å². The van der Waals surface area contributed by atoms with Gasteiger partial charge >= 0.3 is 5.97 Å². The highest BCUT2D eigenvalue weighted by molar-refractivity contribution is 6.09. The number of amides is 1. The molecule has 168 valence electrons. The second kappa shape index (κ2) is 12.6. The molecule has 0 aliphatic carbocycles. The molecule has 0 aromatic heterocycles. The van der Waals surface area contributed by atoms with Gasteiger partial charge in [-0.1, -0.05) is 6.07 Å². The molecule has 0 spiro atoms. The van der Waals surface area contributed by atoms with Crippen LogP contribution in [0.2, 0.25) is 0 Å². The van der Waals surface area contributed by atoms with Gasteiger partial charge in [0.05, 0.1) is 19.8 Å². The lowest BCUT2D eigenvalue weighted by atomic mass is 10.1. The quantitative estimate of drug-likeness (QED) is 0.321. The fourth-order valence-electron chi connectivity index (χ4n) is 2.66. The molecule has 8 heteroatoms. The molecule has 0 aliphatic rings. The number of carbonyl (C=O) groups is 2. The van der Waals surface area contributed by atoms with E-state index in [1.165, 1.54) is 6.08 Å². The number of nitriles is 1. The minimum atomic E-state index is -0.544.